The van der Waals surface area contributed by atoms with E-state index in [-0.39, 0.29) is 23.8 Å². The summed E-state index contributed by atoms with van der Waals surface area (Å²) >= 11 is 4.75. The van der Waals surface area contributed by atoms with Crippen molar-refractivity contribution in [1.29, 1.82) is 0 Å². The molecule has 1 rings (SSSR count). The van der Waals surface area contributed by atoms with Crippen molar-refractivity contribution in [1.82, 2.24) is 0 Å². The predicted molar refractivity (Wildman–Crippen MR) is 69.7 cm³/mol. The molecule has 0 saturated carbocycles. The van der Waals surface area contributed by atoms with Gasteiger partial charge in [-0.15, -0.1) is 0 Å². The number of oxime groups is 1. The summed E-state index contributed by atoms with van der Waals surface area (Å²) in [6.45, 7) is 1.87. The normalized spacial score (nSPS) is 20.1. The average molecular weight is 324 g/mol. The minimum atomic E-state index is -0.734. The van der Waals surface area contributed by atoms with E-state index in [1.807, 2.05) is 0 Å². The van der Waals surface area contributed by atoms with E-state index >= 15 is 0 Å². The predicted octanol–water partition coefficient (Wildman–Crippen LogP) is 1.39. The zero-order valence-corrected chi connectivity index (χ0v) is 11.9. The first-order valence-electron chi connectivity index (χ1n) is 5.26. The van der Waals surface area contributed by atoms with Crippen LogP contribution < -0.4 is 0 Å². The summed E-state index contributed by atoms with van der Waals surface area (Å²) in [5.74, 6) is 0.681. The Balaban J connectivity index is 2.63. The van der Waals surface area contributed by atoms with Gasteiger partial charge in [-0.25, -0.2) is 4.79 Å². The molecule has 5 nitrogen and oxygen atoms in total. The van der Waals surface area contributed by atoms with Gasteiger partial charge in [0, 0.05) is 5.75 Å². The van der Waals surface area contributed by atoms with Gasteiger partial charge < -0.3 is 9.57 Å². The molecular weight excluding hydrogens is 310 g/mol. The Morgan fingerprint density at radius 2 is 2.29 bits per heavy atom. The van der Waals surface area contributed by atoms with Crippen molar-refractivity contribution in [3.8, 4) is 0 Å². The summed E-state index contributed by atoms with van der Waals surface area (Å²) in [6, 6.07) is 0. The van der Waals surface area contributed by atoms with Gasteiger partial charge in [-0.05, 0) is 19.1 Å². The van der Waals surface area contributed by atoms with Crippen molar-refractivity contribution in [3.63, 3.8) is 0 Å². The van der Waals surface area contributed by atoms with Crippen LogP contribution in [0.2, 0.25) is 0 Å². The molecule has 96 valence electrons. The van der Waals surface area contributed by atoms with E-state index in [1.54, 1.807) is 18.7 Å². The van der Waals surface area contributed by atoms with Gasteiger partial charge in [0.2, 0.25) is 11.5 Å². The van der Waals surface area contributed by atoms with Gasteiger partial charge in [0.05, 0.1) is 11.9 Å². The number of nitrogens with zero attached hydrogens (tertiary/aromatic N) is 1. The molecular formula is C10H14BrNO4S. The van der Waals surface area contributed by atoms with Gasteiger partial charge in [-0.1, -0.05) is 21.1 Å². The molecule has 1 fully saturated rings. The van der Waals surface area contributed by atoms with Crippen LogP contribution in [0.5, 0.6) is 0 Å². The summed E-state index contributed by atoms with van der Waals surface area (Å²) in [5.41, 5.74) is -0.277. The lowest BCUT2D eigenvalue weighted by Gasteiger charge is -2.07. The van der Waals surface area contributed by atoms with E-state index in [0.717, 1.165) is 17.9 Å². The smallest absolute Gasteiger partial charge is 0.364 e. The van der Waals surface area contributed by atoms with Crippen LogP contribution in [-0.2, 0) is 19.2 Å². The van der Waals surface area contributed by atoms with Crippen molar-refractivity contribution in [2.24, 2.45) is 5.16 Å². The number of hydrogen-bond acceptors (Lipinski definition) is 6. The lowest BCUT2D eigenvalue weighted by Crippen LogP contribution is -2.28. The van der Waals surface area contributed by atoms with Crippen molar-refractivity contribution >= 4 is 45.2 Å². The second kappa shape index (κ2) is 7.71. The number of halogens is 1. The number of hydrogen-bond donors (Lipinski definition) is 0. The summed E-state index contributed by atoms with van der Waals surface area (Å²) < 4.78 is 4.75. The van der Waals surface area contributed by atoms with Gasteiger partial charge in [0.15, 0.2) is 0 Å². The second-order valence-corrected chi connectivity index (χ2v) is 5.02. The SMILES string of the molecule is CCOC(=O)C(=NOC1CCSC1)C(=O)CBr. The van der Waals surface area contributed by atoms with Crippen LogP contribution >= 0.6 is 27.7 Å². The Morgan fingerprint density at radius 1 is 1.53 bits per heavy atom. The zero-order valence-electron chi connectivity index (χ0n) is 9.48. The van der Waals surface area contributed by atoms with Crippen molar-refractivity contribution in [2.45, 2.75) is 19.4 Å². The number of Topliss-reactive ketones (excluding diaryl/α,β-unsaturated/α-hetero) is 1. The second-order valence-electron chi connectivity index (χ2n) is 3.31. The molecule has 1 aliphatic heterocycles. The minimum absolute atomic E-state index is 0.0208. The monoisotopic (exact) mass is 323 g/mol. The molecule has 17 heavy (non-hydrogen) atoms. The average Bonchev–Trinajstić information content (AvgIpc) is 2.82. The highest BCUT2D eigenvalue weighted by Crippen LogP contribution is 2.20. The van der Waals surface area contributed by atoms with E-state index in [1.165, 1.54) is 0 Å². The molecule has 0 amide bonds. The number of esters is 1. The quantitative estimate of drug-likeness (QED) is 0.243. The van der Waals surface area contributed by atoms with Gasteiger partial charge >= 0.3 is 5.97 Å². The summed E-state index contributed by atoms with van der Waals surface area (Å²) in [4.78, 5) is 28.1. The van der Waals surface area contributed by atoms with Crippen LogP contribution in [0.25, 0.3) is 0 Å². The van der Waals surface area contributed by atoms with Crippen LogP contribution in [0.15, 0.2) is 5.16 Å². The lowest BCUT2D eigenvalue weighted by atomic mass is 10.3. The maximum absolute atomic E-state index is 11.5. The first kappa shape index (κ1) is 14.5. The molecule has 1 atom stereocenters. The highest BCUT2D eigenvalue weighted by atomic mass is 79.9. The van der Waals surface area contributed by atoms with Crippen LogP contribution in [0.1, 0.15) is 13.3 Å². The van der Waals surface area contributed by atoms with Gasteiger partial charge in [0.1, 0.15) is 6.10 Å². The number of alkyl halides is 1. The van der Waals surface area contributed by atoms with Crippen molar-refractivity contribution in [3.05, 3.63) is 0 Å². The molecule has 0 aromatic rings. The molecule has 0 aliphatic carbocycles. The molecule has 7 heteroatoms. The van der Waals surface area contributed by atoms with E-state index in [4.69, 9.17) is 9.57 Å². The molecule has 0 bridgehead atoms. The van der Waals surface area contributed by atoms with E-state index in [0.29, 0.717) is 0 Å². The molecule has 0 spiro atoms. The maximum Gasteiger partial charge on any atom is 0.364 e. The fourth-order valence-corrected chi connectivity index (χ4v) is 2.54. The number of ether oxygens (including phenoxy) is 1. The topological polar surface area (TPSA) is 65.0 Å². The number of ketones is 1. The standard InChI is InChI=1S/C10H14BrNO4S/c1-2-15-10(14)9(8(13)5-11)12-16-7-3-4-17-6-7/h7H,2-6H2,1H3. The number of rotatable bonds is 6. The fraction of sp³-hybridized carbons (Fsp3) is 0.700. The van der Waals surface area contributed by atoms with Crippen LogP contribution in [0, 0.1) is 0 Å². The van der Waals surface area contributed by atoms with E-state index < -0.39 is 11.8 Å². The van der Waals surface area contributed by atoms with Gasteiger partial charge in [-0.2, -0.15) is 11.8 Å². The molecule has 0 aromatic carbocycles. The Labute approximate surface area is 112 Å². The molecule has 1 heterocycles. The summed E-state index contributed by atoms with van der Waals surface area (Å²) in [6.07, 6.45) is 0.861. The lowest BCUT2D eigenvalue weighted by molar-refractivity contribution is -0.136. The fourth-order valence-electron chi connectivity index (χ4n) is 1.19. The number of carbonyl (C=O) groups excluding carboxylic acids is 2. The third-order valence-corrected chi connectivity index (χ3v) is 3.68. The van der Waals surface area contributed by atoms with Crippen molar-refractivity contribution < 1.29 is 19.2 Å². The van der Waals surface area contributed by atoms with E-state index in [9.17, 15) is 9.59 Å². The highest BCUT2D eigenvalue weighted by Gasteiger charge is 2.23. The van der Waals surface area contributed by atoms with Crippen molar-refractivity contribution in [2.75, 3.05) is 23.4 Å². The Bertz CT molecular complexity index is 315. The molecule has 0 aromatic heterocycles. The van der Waals surface area contributed by atoms with Crippen LogP contribution in [0.3, 0.4) is 0 Å². The first-order chi connectivity index (χ1) is 8.19. The minimum Gasteiger partial charge on any atom is -0.461 e. The molecule has 1 unspecified atom stereocenters. The van der Waals surface area contributed by atoms with Gasteiger partial charge in [-0.3, -0.25) is 4.79 Å². The molecule has 0 radical (unpaired) electrons. The summed E-state index contributed by atoms with van der Waals surface area (Å²) in [7, 11) is 0. The van der Waals surface area contributed by atoms with E-state index in [2.05, 4.69) is 21.1 Å². The maximum atomic E-state index is 11.5. The molecule has 0 N–H and O–H groups in total. The van der Waals surface area contributed by atoms with Crippen LogP contribution in [0.4, 0.5) is 0 Å². The third kappa shape index (κ3) is 4.67. The zero-order chi connectivity index (χ0) is 12.7. The Morgan fingerprint density at radius 3 is 2.82 bits per heavy atom. The Hall–Kier alpha value is -0.560. The first-order valence-corrected chi connectivity index (χ1v) is 7.54. The number of carbonyl (C=O) groups is 2. The molecule has 1 saturated heterocycles. The molecule has 1 aliphatic rings. The summed E-state index contributed by atoms with van der Waals surface area (Å²) in [5, 5.41) is 3.67. The third-order valence-electron chi connectivity index (χ3n) is 2.04. The number of thioether (sulfide) groups is 1. The largest absolute Gasteiger partial charge is 0.461 e. The van der Waals surface area contributed by atoms with Gasteiger partial charge in [0.25, 0.3) is 0 Å². The Kier molecular flexibility index (Phi) is 6.57. The van der Waals surface area contributed by atoms with Crippen LogP contribution in [-0.4, -0.2) is 47.0 Å². The highest BCUT2D eigenvalue weighted by molar-refractivity contribution is 9.09.